The number of hydrogen-bond acceptors (Lipinski definition) is 2. The summed E-state index contributed by atoms with van der Waals surface area (Å²) >= 11 is 0. The van der Waals surface area contributed by atoms with Gasteiger partial charge >= 0.3 is 5.97 Å². The molecule has 0 aromatic carbocycles. The van der Waals surface area contributed by atoms with Crippen LogP contribution in [0.5, 0.6) is 0 Å². The molecule has 3 heteroatoms. The highest BCUT2D eigenvalue weighted by atomic mass is 16.5. The highest BCUT2D eigenvalue weighted by Gasteiger charge is 2.48. The smallest absolute Gasteiger partial charge is 0.331 e. The molecule has 0 amide bonds. The largest absolute Gasteiger partial charge is 0.478 e. The monoisotopic (exact) mass is 599 g/mol. The van der Waals surface area contributed by atoms with Gasteiger partial charge in [-0.15, -0.1) is 0 Å². The summed E-state index contributed by atoms with van der Waals surface area (Å²) < 4.78 is 6.21. The fourth-order valence-corrected chi connectivity index (χ4v) is 10.0. The van der Waals surface area contributed by atoms with E-state index in [1.165, 1.54) is 180 Å². The Labute approximate surface area is 266 Å². The van der Waals surface area contributed by atoms with Crippen molar-refractivity contribution in [1.82, 2.24) is 0 Å². The Bertz CT molecular complexity index is 686. The predicted molar refractivity (Wildman–Crippen MR) is 181 cm³/mol. The molecule has 4 fully saturated rings. The van der Waals surface area contributed by atoms with Crippen LogP contribution in [0.15, 0.2) is 11.6 Å². The minimum atomic E-state index is -0.654. The van der Waals surface area contributed by atoms with Crippen LogP contribution < -0.4 is 0 Å². The Morgan fingerprint density at radius 3 is 1.14 bits per heavy atom. The Morgan fingerprint density at radius 1 is 0.512 bits per heavy atom. The van der Waals surface area contributed by atoms with Crippen molar-refractivity contribution in [3.05, 3.63) is 11.6 Å². The molecule has 1 unspecified atom stereocenters. The van der Waals surface area contributed by atoms with E-state index < -0.39 is 5.97 Å². The van der Waals surface area contributed by atoms with Crippen molar-refractivity contribution < 1.29 is 14.6 Å². The molecule has 3 aliphatic carbocycles. The second kappa shape index (κ2) is 20.3. The molecular weight excluding hydrogens is 528 g/mol. The van der Waals surface area contributed by atoms with Crippen LogP contribution in [0.25, 0.3) is 0 Å². The normalized spacial score (nSPS) is 27.3. The molecule has 1 N–H and O–H groups in total. The third-order valence-electron chi connectivity index (χ3n) is 12.4. The van der Waals surface area contributed by atoms with Crippen molar-refractivity contribution >= 4 is 5.97 Å². The fraction of sp³-hybridized carbons (Fsp3) is 0.925. The molecule has 1 heterocycles. The van der Waals surface area contributed by atoms with E-state index in [1.807, 2.05) is 0 Å². The van der Waals surface area contributed by atoms with Crippen LogP contribution in [0.3, 0.4) is 0 Å². The molecule has 0 aromatic rings. The van der Waals surface area contributed by atoms with Crippen LogP contribution in [0.4, 0.5) is 0 Å². The average Bonchev–Trinajstić information content (AvgIpc) is 3.04. The summed E-state index contributed by atoms with van der Waals surface area (Å²) in [5, 5.41) is 10.9. The number of ether oxygens (including phenoxy) is 1. The number of carbonyl (C=O) groups is 1. The lowest BCUT2D eigenvalue weighted by atomic mass is 9.52. The van der Waals surface area contributed by atoms with Crippen molar-refractivity contribution in [2.45, 2.75) is 205 Å². The second-order valence-electron chi connectivity index (χ2n) is 15.4. The molecule has 4 aliphatic rings. The molecule has 0 spiro atoms. The van der Waals surface area contributed by atoms with E-state index in [0.29, 0.717) is 24.2 Å². The Balaban J connectivity index is 1.82. The molecule has 3 saturated carbocycles. The number of aliphatic carboxylic acids is 1. The van der Waals surface area contributed by atoms with Crippen LogP contribution in [0, 0.1) is 23.2 Å². The summed E-state index contributed by atoms with van der Waals surface area (Å²) in [6.07, 6.45) is 43.3. The highest BCUT2D eigenvalue weighted by Crippen LogP contribution is 2.56. The van der Waals surface area contributed by atoms with E-state index in [9.17, 15) is 9.90 Å². The Hall–Kier alpha value is -0.830. The minimum Gasteiger partial charge on any atom is -0.478 e. The molecular formula is C40H70O3. The zero-order valence-corrected chi connectivity index (χ0v) is 28.3. The van der Waals surface area contributed by atoms with Crippen molar-refractivity contribution in [1.29, 1.82) is 0 Å². The van der Waals surface area contributed by atoms with Gasteiger partial charge in [0.25, 0.3) is 0 Å². The molecule has 1 aliphatic heterocycles. The molecule has 1 saturated heterocycles. The quantitative estimate of drug-likeness (QED) is 0.296. The van der Waals surface area contributed by atoms with Gasteiger partial charge in [-0.3, -0.25) is 0 Å². The number of carboxylic acid groups (broad SMARTS) is 1. The van der Waals surface area contributed by atoms with E-state index in [0.717, 1.165) is 25.0 Å². The van der Waals surface area contributed by atoms with Crippen LogP contribution in [-0.4, -0.2) is 23.8 Å². The topological polar surface area (TPSA) is 46.5 Å². The third kappa shape index (κ3) is 11.5. The number of hydrogen-bond donors (Lipinski definition) is 1. The van der Waals surface area contributed by atoms with Gasteiger partial charge in [0.05, 0.1) is 6.10 Å². The van der Waals surface area contributed by atoms with Crippen molar-refractivity contribution in [3.8, 4) is 0 Å². The first kappa shape index (κ1) is 35.0. The van der Waals surface area contributed by atoms with Crippen molar-refractivity contribution in [2.24, 2.45) is 23.2 Å². The molecule has 0 aromatic heterocycles. The summed E-state index contributed by atoms with van der Waals surface area (Å²) in [5.41, 5.74) is 0.748. The zero-order chi connectivity index (χ0) is 30.0. The molecule has 4 rings (SSSR count). The Kier molecular flexibility index (Phi) is 16.6. The summed E-state index contributed by atoms with van der Waals surface area (Å²) in [4.78, 5) is 13.2. The van der Waals surface area contributed by atoms with E-state index in [2.05, 4.69) is 6.08 Å². The lowest BCUT2D eigenvalue weighted by Gasteiger charge is -2.52. The van der Waals surface area contributed by atoms with E-state index >= 15 is 0 Å². The molecule has 0 radical (unpaired) electrons. The lowest BCUT2D eigenvalue weighted by molar-refractivity contribution is -0.133. The lowest BCUT2D eigenvalue weighted by Crippen LogP contribution is -2.45. The van der Waals surface area contributed by atoms with Gasteiger partial charge in [-0.2, -0.15) is 0 Å². The first-order chi connectivity index (χ1) is 21.2. The van der Waals surface area contributed by atoms with E-state index in [1.54, 1.807) is 0 Å². The number of rotatable bonds is 7. The zero-order valence-electron chi connectivity index (χ0n) is 28.3. The number of carboxylic acids is 1. The third-order valence-corrected chi connectivity index (χ3v) is 12.4. The van der Waals surface area contributed by atoms with Crippen molar-refractivity contribution in [2.75, 3.05) is 6.61 Å². The van der Waals surface area contributed by atoms with Crippen molar-refractivity contribution in [3.63, 3.8) is 0 Å². The first-order valence-corrected chi connectivity index (χ1v) is 19.8. The average molecular weight is 599 g/mol. The maximum Gasteiger partial charge on any atom is 0.331 e. The van der Waals surface area contributed by atoms with Gasteiger partial charge in [0.2, 0.25) is 0 Å². The first-order valence-electron chi connectivity index (χ1n) is 19.8. The summed E-state index contributed by atoms with van der Waals surface area (Å²) in [5.74, 6) is 1.24. The molecule has 248 valence electrons. The SMILES string of the molecule is O=C(O)C(=CC(C1CCCCCCCCC1)(C1CCCCCCCCC1)C1CCCCCCCCC1)CC1CCCCO1. The molecule has 43 heavy (non-hydrogen) atoms. The van der Waals surface area contributed by atoms with E-state index in [4.69, 9.17) is 4.74 Å². The van der Waals surface area contributed by atoms with Crippen LogP contribution in [0.2, 0.25) is 0 Å². The van der Waals surface area contributed by atoms with Gasteiger partial charge in [-0.05, 0) is 81.0 Å². The van der Waals surface area contributed by atoms with Crippen LogP contribution in [0.1, 0.15) is 199 Å². The van der Waals surface area contributed by atoms with E-state index in [-0.39, 0.29) is 11.5 Å². The molecule has 0 bridgehead atoms. The summed E-state index contributed by atoms with van der Waals surface area (Å²) in [6, 6.07) is 0. The van der Waals surface area contributed by atoms with Gasteiger partial charge < -0.3 is 9.84 Å². The predicted octanol–water partition coefficient (Wildman–Crippen LogP) is 12.4. The van der Waals surface area contributed by atoms with Gasteiger partial charge in [0.15, 0.2) is 0 Å². The second-order valence-corrected chi connectivity index (χ2v) is 15.4. The summed E-state index contributed by atoms with van der Waals surface area (Å²) in [6.45, 7) is 0.802. The van der Waals surface area contributed by atoms with Gasteiger partial charge in [0, 0.05) is 18.6 Å². The highest BCUT2D eigenvalue weighted by molar-refractivity contribution is 5.86. The maximum absolute atomic E-state index is 13.2. The summed E-state index contributed by atoms with van der Waals surface area (Å²) in [7, 11) is 0. The minimum absolute atomic E-state index is 0.0278. The van der Waals surface area contributed by atoms with Crippen LogP contribution >= 0.6 is 0 Å². The standard InChI is InChI=1S/C40H70O3/c41-39(42)34(32-38-30-22-23-31-43-38)33-40(35-24-16-10-4-1-5-11-17-25-35,36-26-18-12-6-2-7-13-19-27-36)37-28-20-14-8-3-9-15-21-29-37/h33,35-38H,1-32H2,(H,41,42). The van der Waals surface area contributed by atoms with Crippen LogP contribution in [-0.2, 0) is 9.53 Å². The molecule has 1 atom stereocenters. The Morgan fingerprint density at radius 2 is 0.837 bits per heavy atom. The van der Waals surface area contributed by atoms with Gasteiger partial charge in [-0.1, -0.05) is 141 Å². The number of allylic oxidation sites excluding steroid dienone is 1. The van der Waals surface area contributed by atoms with Gasteiger partial charge in [-0.25, -0.2) is 4.79 Å². The maximum atomic E-state index is 13.2. The fourth-order valence-electron chi connectivity index (χ4n) is 10.0. The molecule has 3 nitrogen and oxygen atoms in total. The van der Waals surface area contributed by atoms with Gasteiger partial charge in [0.1, 0.15) is 0 Å².